The van der Waals surface area contributed by atoms with E-state index in [-0.39, 0.29) is 49.0 Å². The quantitative estimate of drug-likeness (QED) is 0.0468. The first kappa shape index (κ1) is 53.4. The van der Waals surface area contributed by atoms with Gasteiger partial charge in [-0.1, -0.05) is 0 Å². The summed E-state index contributed by atoms with van der Waals surface area (Å²) >= 11 is 6.52. The lowest BCUT2D eigenvalue weighted by Crippen LogP contribution is -2.55. The highest BCUT2D eigenvalue weighted by atomic mass is 35.5. The van der Waals surface area contributed by atoms with Crippen LogP contribution in [0.2, 0.25) is 0 Å². The predicted molar refractivity (Wildman–Crippen MR) is 232 cm³/mol. The van der Waals surface area contributed by atoms with Gasteiger partial charge in [-0.15, -0.1) is 11.6 Å². The third-order valence-corrected chi connectivity index (χ3v) is 12.3. The number of carbonyl (C=O) groups excluding carboxylic acids is 1. The second kappa shape index (κ2) is 31.7. The van der Waals surface area contributed by atoms with Crippen molar-refractivity contribution in [2.75, 3.05) is 145 Å². The number of halogens is 1. The Kier molecular flexibility index (Phi) is 27.3. The Hall–Kier alpha value is -1.18. The first-order valence-corrected chi connectivity index (χ1v) is 24.7. The molecule has 2 aliphatic carbocycles. The summed E-state index contributed by atoms with van der Waals surface area (Å²) in [6.07, 6.45) is 8.76. The monoisotopic (exact) mass is 929 g/mol. The fourth-order valence-corrected chi connectivity index (χ4v) is 8.91. The number of nitrogens with zero attached hydrogens (tertiary/aromatic N) is 2. The number of hydrogen-bond donors (Lipinski definition) is 3. The first-order chi connectivity index (χ1) is 30.2. The van der Waals surface area contributed by atoms with Crippen LogP contribution in [0.4, 0.5) is 0 Å². The van der Waals surface area contributed by atoms with E-state index in [0.29, 0.717) is 143 Å². The molecule has 3 fully saturated rings. The maximum atomic E-state index is 13.3. The maximum absolute atomic E-state index is 13.3. The van der Waals surface area contributed by atoms with Crippen LogP contribution < -0.4 is 16.2 Å². The number of aliphatic imine (C=N–C) groups is 1. The van der Waals surface area contributed by atoms with Gasteiger partial charge in [-0.3, -0.25) is 18.9 Å². The van der Waals surface area contributed by atoms with Crippen LogP contribution in [0, 0.1) is 11.8 Å². The molecule has 0 bridgehead atoms. The molecule has 1 saturated heterocycles. The molecule has 0 spiro atoms. The van der Waals surface area contributed by atoms with Crippen molar-refractivity contribution < 1.29 is 64.8 Å². The summed E-state index contributed by atoms with van der Waals surface area (Å²) in [4.78, 5) is 21.3. The van der Waals surface area contributed by atoms with Gasteiger partial charge in [0.2, 0.25) is 5.91 Å². The van der Waals surface area contributed by atoms with E-state index in [2.05, 4.69) is 32.2 Å². The summed E-state index contributed by atoms with van der Waals surface area (Å²) in [7, 11) is -1.62. The molecule has 5 unspecified atom stereocenters. The Morgan fingerprint density at radius 3 is 1.63 bits per heavy atom. The second-order valence-electron chi connectivity index (χ2n) is 15.9. The summed E-state index contributed by atoms with van der Waals surface area (Å²) in [6, 6.07) is 0.138. The molecule has 0 aromatic carbocycles. The number of alkyl halides is 1. The van der Waals surface area contributed by atoms with E-state index in [1.165, 1.54) is 5.71 Å². The van der Waals surface area contributed by atoms with Gasteiger partial charge in [-0.05, 0) is 57.8 Å². The van der Waals surface area contributed by atoms with E-state index in [1.807, 2.05) is 7.11 Å². The molecular weight excluding hydrogens is 854 g/mol. The first-order valence-electron chi connectivity index (χ1n) is 22.5. The lowest BCUT2D eigenvalue weighted by molar-refractivity contribution is -0.122. The minimum Gasteiger partial charge on any atom is -0.381 e. The van der Waals surface area contributed by atoms with Crippen LogP contribution in [0.3, 0.4) is 0 Å². The zero-order valence-electron chi connectivity index (χ0n) is 37.3. The van der Waals surface area contributed by atoms with Crippen molar-refractivity contribution in [3.63, 3.8) is 0 Å². The lowest BCUT2D eigenvalue weighted by atomic mass is 9.72. The van der Waals surface area contributed by atoms with Crippen LogP contribution in [0.5, 0.6) is 0 Å². The zero-order chi connectivity index (χ0) is 44.3. The van der Waals surface area contributed by atoms with Gasteiger partial charge in [-0.2, -0.15) is 8.42 Å². The standard InChI is InChI=1S/C41H76ClN5O14S/c1-32-45-46-41-37(44-40(33-4-6-34(42)7-5-33)36-30-35(51-2)8-9-38(36)47(32)41)31-39(48)43-10-11-52-12-13-53-14-15-54-16-17-55-18-19-56-20-21-57-22-23-58-24-25-59-26-27-60-28-29-61-62(3,49)50/h32-38,41,45-46H,4-31H2,1-3H3,(H,43,48)/t32?,33?,34?,35?,36?,37-,38?,41?/m0/s1. The Balaban J connectivity index is 0.919. The number of methoxy groups -OCH3 is 1. The van der Waals surface area contributed by atoms with Gasteiger partial charge in [0.25, 0.3) is 10.1 Å². The molecule has 6 atom stereocenters. The molecule has 362 valence electrons. The van der Waals surface area contributed by atoms with Crippen LogP contribution in [0.25, 0.3) is 0 Å². The van der Waals surface area contributed by atoms with Gasteiger partial charge in [0.15, 0.2) is 0 Å². The van der Waals surface area contributed by atoms with E-state index < -0.39 is 10.1 Å². The van der Waals surface area contributed by atoms with Crippen molar-refractivity contribution in [1.82, 2.24) is 21.1 Å². The molecule has 62 heavy (non-hydrogen) atoms. The van der Waals surface area contributed by atoms with Crippen molar-refractivity contribution in [2.45, 2.75) is 94.2 Å². The van der Waals surface area contributed by atoms with Crippen molar-refractivity contribution >= 4 is 33.3 Å². The van der Waals surface area contributed by atoms with Gasteiger partial charge < -0.3 is 52.7 Å². The number of amides is 1. The van der Waals surface area contributed by atoms with Crippen molar-refractivity contribution in [3.05, 3.63) is 0 Å². The molecule has 0 aromatic rings. The molecule has 2 heterocycles. The van der Waals surface area contributed by atoms with E-state index in [4.69, 9.17) is 64.0 Å². The topological polar surface area (TPSA) is 204 Å². The molecule has 0 radical (unpaired) electrons. The van der Waals surface area contributed by atoms with Gasteiger partial charge >= 0.3 is 0 Å². The van der Waals surface area contributed by atoms with Crippen molar-refractivity contribution in [1.29, 1.82) is 0 Å². The molecule has 21 heteroatoms. The molecule has 0 aromatic heterocycles. The SMILES string of the molecule is COC1CCC2C(C1)C(C1CCC(Cl)CC1)=N[C@@H](CC(=O)NCCOCCOCCOCCOCCOCCOCCOCCOCCOCCOS(C)(=O)=O)C1NNC(C)N21. The molecule has 2 saturated carbocycles. The number of ether oxygens (including phenoxy) is 10. The summed E-state index contributed by atoms with van der Waals surface area (Å²) in [6.45, 7) is 10.3. The molecule has 19 nitrogen and oxygen atoms in total. The zero-order valence-corrected chi connectivity index (χ0v) is 38.9. The highest BCUT2D eigenvalue weighted by Gasteiger charge is 2.50. The smallest absolute Gasteiger partial charge is 0.264 e. The van der Waals surface area contributed by atoms with Crippen molar-refractivity contribution in [2.24, 2.45) is 16.8 Å². The number of hydrazine groups is 1. The highest BCUT2D eigenvalue weighted by molar-refractivity contribution is 7.85. The summed E-state index contributed by atoms with van der Waals surface area (Å²) in [5, 5.41) is 3.29. The van der Waals surface area contributed by atoms with Gasteiger partial charge in [0.05, 0.1) is 163 Å². The fourth-order valence-electron chi connectivity index (χ4n) is 8.29. The van der Waals surface area contributed by atoms with Gasteiger partial charge in [0.1, 0.15) is 0 Å². The average Bonchev–Trinajstić information content (AvgIpc) is 3.58. The number of carbonyl (C=O) groups is 1. The number of nitrogens with one attached hydrogen (secondary N) is 3. The van der Waals surface area contributed by atoms with E-state index in [1.54, 1.807) is 0 Å². The van der Waals surface area contributed by atoms with Crippen LogP contribution in [-0.2, 0) is 66.5 Å². The van der Waals surface area contributed by atoms with Gasteiger partial charge in [-0.25, -0.2) is 10.9 Å². The number of rotatable bonds is 35. The van der Waals surface area contributed by atoms with Crippen LogP contribution in [0.1, 0.15) is 58.3 Å². The highest BCUT2D eigenvalue weighted by Crippen LogP contribution is 2.42. The average molecular weight is 931 g/mol. The Bertz CT molecular complexity index is 1340. The summed E-state index contributed by atoms with van der Waals surface area (Å²) in [5.41, 5.74) is 8.21. The molecule has 3 N–H and O–H groups in total. The number of hydrogen-bond acceptors (Lipinski definition) is 18. The molecule has 1 amide bonds. The van der Waals surface area contributed by atoms with Crippen LogP contribution in [-0.4, -0.2) is 206 Å². The maximum Gasteiger partial charge on any atom is 0.264 e. The summed E-state index contributed by atoms with van der Waals surface area (Å²) < 4.78 is 81.5. The third-order valence-electron chi connectivity index (χ3n) is 11.3. The van der Waals surface area contributed by atoms with Crippen molar-refractivity contribution in [3.8, 4) is 0 Å². The second-order valence-corrected chi connectivity index (χ2v) is 18.1. The Labute approximate surface area is 374 Å². The Morgan fingerprint density at radius 2 is 1.16 bits per heavy atom. The van der Waals surface area contributed by atoms with E-state index in [9.17, 15) is 13.2 Å². The normalized spacial score (nSPS) is 26.8. The Morgan fingerprint density at radius 1 is 0.694 bits per heavy atom. The third kappa shape index (κ3) is 21.4. The fraction of sp³-hybridized carbons (Fsp3) is 0.951. The minimum atomic E-state index is -3.44. The number of fused-ring (bicyclic) bond motifs is 3. The van der Waals surface area contributed by atoms with E-state index >= 15 is 0 Å². The lowest BCUT2D eigenvalue weighted by Gasteiger charge is -2.44. The molecular formula is C41H76ClN5O14S. The van der Waals surface area contributed by atoms with Gasteiger partial charge in [0, 0.05) is 36.7 Å². The predicted octanol–water partition coefficient (Wildman–Crippen LogP) is 1.50. The largest absolute Gasteiger partial charge is 0.381 e. The van der Waals surface area contributed by atoms with Crippen LogP contribution >= 0.6 is 11.6 Å². The van der Waals surface area contributed by atoms with Crippen LogP contribution in [0.15, 0.2) is 4.99 Å². The summed E-state index contributed by atoms with van der Waals surface area (Å²) in [5.74, 6) is 0.679. The van der Waals surface area contributed by atoms with E-state index in [0.717, 1.165) is 51.2 Å². The minimum absolute atomic E-state index is 0.00878. The molecule has 2 aliphatic heterocycles. The molecule has 4 aliphatic rings. The molecule has 4 rings (SSSR count).